The van der Waals surface area contributed by atoms with Crippen molar-refractivity contribution >= 4 is 0 Å². The van der Waals surface area contributed by atoms with Crippen LogP contribution in [-0.4, -0.2) is 13.1 Å². The SMILES string of the molecule is CC(CC1CC1)C1CCNCC1. The molecule has 1 saturated heterocycles. The predicted octanol–water partition coefficient (Wildman–Crippen LogP) is 2.42. The summed E-state index contributed by atoms with van der Waals surface area (Å²) in [5, 5.41) is 3.44. The van der Waals surface area contributed by atoms with Crippen molar-refractivity contribution in [1.82, 2.24) is 5.32 Å². The first-order chi connectivity index (χ1) is 5.86. The molecule has 12 heavy (non-hydrogen) atoms. The largest absolute Gasteiger partial charge is 0.317 e. The molecule has 70 valence electrons. The van der Waals surface area contributed by atoms with Gasteiger partial charge >= 0.3 is 0 Å². The second kappa shape index (κ2) is 3.78. The molecule has 1 atom stereocenters. The van der Waals surface area contributed by atoms with Crippen molar-refractivity contribution < 1.29 is 0 Å². The lowest BCUT2D eigenvalue weighted by Gasteiger charge is -2.28. The Morgan fingerprint density at radius 3 is 2.42 bits per heavy atom. The van der Waals surface area contributed by atoms with Crippen LogP contribution < -0.4 is 5.32 Å². The Morgan fingerprint density at radius 2 is 1.83 bits per heavy atom. The molecule has 2 aliphatic rings. The molecule has 0 radical (unpaired) electrons. The van der Waals surface area contributed by atoms with Crippen LogP contribution in [0.5, 0.6) is 0 Å². The highest BCUT2D eigenvalue weighted by Crippen LogP contribution is 2.38. The van der Waals surface area contributed by atoms with Gasteiger partial charge < -0.3 is 5.32 Å². The van der Waals surface area contributed by atoms with Gasteiger partial charge in [-0.3, -0.25) is 0 Å². The maximum atomic E-state index is 3.44. The van der Waals surface area contributed by atoms with Crippen molar-refractivity contribution in [3.05, 3.63) is 0 Å². The Labute approximate surface area is 75.9 Å². The zero-order chi connectivity index (χ0) is 8.39. The Bertz CT molecular complexity index is 134. The number of hydrogen-bond acceptors (Lipinski definition) is 1. The quantitative estimate of drug-likeness (QED) is 0.680. The molecule has 1 saturated carbocycles. The lowest BCUT2D eigenvalue weighted by atomic mass is 9.83. The lowest BCUT2D eigenvalue weighted by Crippen LogP contribution is -2.30. The summed E-state index contributed by atoms with van der Waals surface area (Å²) in [6.07, 6.45) is 7.41. The normalized spacial score (nSPS) is 28.8. The fourth-order valence-electron chi connectivity index (χ4n) is 2.49. The maximum absolute atomic E-state index is 3.44. The van der Waals surface area contributed by atoms with E-state index in [2.05, 4.69) is 12.2 Å². The lowest BCUT2D eigenvalue weighted by molar-refractivity contribution is 0.255. The average molecular weight is 167 g/mol. The third-order valence-electron chi connectivity index (χ3n) is 3.59. The number of hydrogen-bond donors (Lipinski definition) is 1. The second-order valence-electron chi connectivity index (χ2n) is 4.74. The second-order valence-corrected chi connectivity index (χ2v) is 4.74. The summed E-state index contributed by atoms with van der Waals surface area (Å²) in [5.41, 5.74) is 0. The van der Waals surface area contributed by atoms with E-state index < -0.39 is 0 Å². The number of nitrogens with one attached hydrogen (secondary N) is 1. The fourth-order valence-corrected chi connectivity index (χ4v) is 2.49. The van der Waals surface area contributed by atoms with Crippen molar-refractivity contribution in [3.63, 3.8) is 0 Å². The van der Waals surface area contributed by atoms with Gasteiger partial charge in [-0.1, -0.05) is 19.8 Å². The van der Waals surface area contributed by atoms with Gasteiger partial charge in [-0.2, -0.15) is 0 Å². The van der Waals surface area contributed by atoms with E-state index in [1.807, 2.05) is 0 Å². The molecule has 1 unspecified atom stereocenters. The van der Waals surface area contributed by atoms with Gasteiger partial charge in [0.2, 0.25) is 0 Å². The van der Waals surface area contributed by atoms with E-state index in [-0.39, 0.29) is 0 Å². The first-order valence-electron chi connectivity index (χ1n) is 5.57. The molecule has 1 heteroatoms. The molecule has 1 heterocycles. The molecule has 1 aliphatic heterocycles. The third-order valence-corrected chi connectivity index (χ3v) is 3.59. The minimum atomic E-state index is 1.000. The molecule has 1 N–H and O–H groups in total. The van der Waals surface area contributed by atoms with Gasteiger partial charge in [0.05, 0.1) is 0 Å². The summed E-state index contributed by atoms with van der Waals surface area (Å²) in [4.78, 5) is 0. The predicted molar refractivity (Wildman–Crippen MR) is 52.1 cm³/mol. The standard InChI is InChI=1S/C11H21N/c1-9(8-10-2-3-10)11-4-6-12-7-5-11/h9-12H,2-8H2,1H3. The summed E-state index contributed by atoms with van der Waals surface area (Å²) in [7, 11) is 0. The van der Waals surface area contributed by atoms with Gasteiger partial charge in [-0.25, -0.2) is 0 Å². The van der Waals surface area contributed by atoms with E-state index in [9.17, 15) is 0 Å². The fraction of sp³-hybridized carbons (Fsp3) is 1.00. The topological polar surface area (TPSA) is 12.0 Å². The Kier molecular flexibility index (Phi) is 2.69. The zero-order valence-corrected chi connectivity index (χ0v) is 8.18. The van der Waals surface area contributed by atoms with Crippen LogP contribution in [-0.2, 0) is 0 Å². The highest BCUT2D eigenvalue weighted by Gasteiger charge is 2.27. The number of piperidine rings is 1. The van der Waals surface area contributed by atoms with Crippen LogP contribution >= 0.6 is 0 Å². The Morgan fingerprint density at radius 1 is 1.17 bits per heavy atom. The molecule has 0 aromatic heterocycles. The van der Waals surface area contributed by atoms with Crippen LogP contribution in [0.15, 0.2) is 0 Å². The minimum Gasteiger partial charge on any atom is -0.317 e. The van der Waals surface area contributed by atoms with Gasteiger partial charge in [0.15, 0.2) is 0 Å². The van der Waals surface area contributed by atoms with E-state index in [1.165, 1.54) is 45.2 Å². The van der Waals surface area contributed by atoms with Crippen LogP contribution in [0.3, 0.4) is 0 Å². The molecular weight excluding hydrogens is 146 g/mol. The molecule has 2 rings (SSSR count). The van der Waals surface area contributed by atoms with Gasteiger partial charge in [0.1, 0.15) is 0 Å². The molecule has 0 spiro atoms. The van der Waals surface area contributed by atoms with Crippen LogP contribution in [0.1, 0.15) is 39.0 Å². The van der Waals surface area contributed by atoms with E-state index in [4.69, 9.17) is 0 Å². The smallest absolute Gasteiger partial charge is 0.00462 e. The first kappa shape index (κ1) is 8.55. The van der Waals surface area contributed by atoms with Crippen molar-refractivity contribution in [3.8, 4) is 0 Å². The molecule has 2 fully saturated rings. The summed E-state index contributed by atoms with van der Waals surface area (Å²) in [6.45, 7) is 4.99. The monoisotopic (exact) mass is 167 g/mol. The highest BCUT2D eigenvalue weighted by molar-refractivity contribution is 4.80. The van der Waals surface area contributed by atoms with Crippen LogP contribution in [0.4, 0.5) is 0 Å². The van der Waals surface area contributed by atoms with Crippen molar-refractivity contribution in [1.29, 1.82) is 0 Å². The van der Waals surface area contributed by atoms with Gasteiger partial charge in [-0.15, -0.1) is 0 Å². The van der Waals surface area contributed by atoms with E-state index in [1.54, 1.807) is 0 Å². The summed E-state index contributed by atoms with van der Waals surface area (Å²) in [5.74, 6) is 3.15. The van der Waals surface area contributed by atoms with E-state index in [0.717, 1.165) is 17.8 Å². The van der Waals surface area contributed by atoms with Gasteiger partial charge in [-0.05, 0) is 50.1 Å². The summed E-state index contributed by atoms with van der Waals surface area (Å²) < 4.78 is 0. The van der Waals surface area contributed by atoms with Crippen molar-refractivity contribution in [2.24, 2.45) is 17.8 Å². The maximum Gasteiger partial charge on any atom is -0.00462 e. The Balaban J connectivity index is 1.72. The van der Waals surface area contributed by atoms with Gasteiger partial charge in [0.25, 0.3) is 0 Å². The van der Waals surface area contributed by atoms with Crippen LogP contribution in [0.25, 0.3) is 0 Å². The summed E-state index contributed by atoms with van der Waals surface area (Å²) >= 11 is 0. The Hall–Kier alpha value is -0.0400. The summed E-state index contributed by atoms with van der Waals surface area (Å²) in [6, 6.07) is 0. The van der Waals surface area contributed by atoms with Crippen LogP contribution in [0, 0.1) is 17.8 Å². The van der Waals surface area contributed by atoms with Crippen molar-refractivity contribution in [2.75, 3.05) is 13.1 Å². The van der Waals surface area contributed by atoms with Gasteiger partial charge in [0, 0.05) is 0 Å². The molecule has 0 bridgehead atoms. The third kappa shape index (κ3) is 2.22. The molecule has 0 amide bonds. The zero-order valence-electron chi connectivity index (χ0n) is 8.18. The first-order valence-corrected chi connectivity index (χ1v) is 5.57. The molecule has 0 aromatic carbocycles. The minimum absolute atomic E-state index is 1.000. The van der Waals surface area contributed by atoms with Crippen molar-refractivity contribution in [2.45, 2.75) is 39.0 Å². The molecule has 0 aromatic rings. The number of rotatable bonds is 3. The van der Waals surface area contributed by atoms with Crippen LogP contribution in [0.2, 0.25) is 0 Å². The van der Waals surface area contributed by atoms with E-state index in [0.29, 0.717) is 0 Å². The molecule has 1 nitrogen and oxygen atoms in total. The average Bonchev–Trinajstić information content (AvgIpc) is 2.90. The molecule has 1 aliphatic carbocycles. The van der Waals surface area contributed by atoms with E-state index >= 15 is 0 Å². The molecular formula is C11H21N. The highest BCUT2D eigenvalue weighted by atomic mass is 14.9.